The van der Waals surface area contributed by atoms with Crippen LogP contribution < -0.4 is 5.73 Å². The van der Waals surface area contributed by atoms with Gasteiger partial charge in [-0.25, -0.2) is 4.68 Å². The number of amides is 1. The number of ketones is 1. The summed E-state index contributed by atoms with van der Waals surface area (Å²) in [6, 6.07) is 16.9. The van der Waals surface area contributed by atoms with Gasteiger partial charge in [-0.1, -0.05) is 44.2 Å². The molecule has 1 aromatic heterocycles. The Morgan fingerprint density at radius 2 is 1.77 bits per heavy atom. The maximum absolute atomic E-state index is 13.0. The molecule has 1 aliphatic rings. The molecule has 0 bridgehead atoms. The number of primary amides is 1. The van der Waals surface area contributed by atoms with Gasteiger partial charge in [-0.3, -0.25) is 9.59 Å². The predicted octanol–water partition coefficient (Wildman–Crippen LogP) is 3.84. The van der Waals surface area contributed by atoms with Crippen molar-refractivity contribution in [3.63, 3.8) is 0 Å². The van der Waals surface area contributed by atoms with Crippen molar-refractivity contribution in [2.75, 3.05) is 0 Å². The zero-order chi connectivity index (χ0) is 21.3. The van der Waals surface area contributed by atoms with E-state index >= 15 is 0 Å². The van der Waals surface area contributed by atoms with Gasteiger partial charge in [-0.2, -0.15) is 5.10 Å². The Hall–Kier alpha value is -3.25. The molecule has 0 saturated heterocycles. The maximum Gasteiger partial charge on any atom is 0.248 e. The molecule has 1 heterocycles. The van der Waals surface area contributed by atoms with E-state index in [0.717, 1.165) is 23.4 Å². The van der Waals surface area contributed by atoms with Gasteiger partial charge in [-0.15, -0.1) is 0 Å². The van der Waals surface area contributed by atoms with E-state index in [1.807, 2.05) is 30.3 Å². The fourth-order valence-corrected chi connectivity index (χ4v) is 3.95. The van der Waals surface area contributed by atoms with Crippen molar-refractivity contribution in [3.05, 3.63) is 82.7 Å². The van der Waals surface area contributed by atoms with E-state index in [-0.39, 0.29) is 17.8 Å². The highest BCUT2D eigenvalue weighted by Crippen LogP contribution is 2.37. The van der Waals surface area contributed by atoms with E-state index in [4.69, 9.17) is 15.6 Å². The first-order valence-electron chi connectivity index (χ1n) is 10.00. The van der Waals surface area contributed by atoms with Crippen LogP contribution in [0.2, 0.25) is 0 Å². The number of hydrogen-bond donors (Lipinski definition) is 1. The van der Waals surface area contributed by atoms with Gasteiger partial charge in [0.05, 0.1) is 35.9 Å². The molecule has 6 nitrogen and oxygen atoms in total. The number of ether oxygens (including phenoxy) is 1. The van der Waals surface area contributed by atoms with Crippen LogP contribution in [0.1, 0.15) is 57.9 Å². The number of nitrogens with two attached hydrogens (primary N) is 1. The number of nitrogens with zero attached hydrogens (tertiary/aromatic N) is 2. The molecule has 2 aromatic carbocycles. The van der Waals surface area contributed by atoms with Crippen LogP contribution in [0.4, 0.5) is 0 Å². The van der Waals surface area contributed by atoms with Crippen LogP contribution in [0.25, 0.3) is 5.69 Å². The smallest absolute Gasteiger partial charge is 0.248 e. The second-order valence-electron chi connectivity index (χ2n) is 8.51. The van der Waals surface area contributed by atoms with E-state index in [1.165, 1.54) is 0 Å². The molecule has 3 aromatic rings. The number of rotatable bonds is 6. The first-order valence-corrected chi connectivity index (χ1v) is 10.00. The number of hydrogen-bond acceptors (Lipinski definition) is 4. The summed E-state index contributed by atoms with van der Waals surface area (Å²) in [6.07, 6.45) is 1.22. The highest BCUT2D eigenvalue weighted by Gasteiger charge is 2.36. The number of carbonyl (C=O) groups excluding carboxylic acids is 2. The molecule has 1 aliphatic carbocycles. The SMILES string of the molecule is CC1(C)CC(=O)c2c(COCc3ccccc3)nn(-c3ccc(C(N)=O)cc3)c2C1. The first-order chi connectivity index (χ1) is 14.3. The number of carbonyl (C=O) groups is 2. The summed E-state index contributed by atoms with van der Waals surface area (Å²) in [4.78, 5) is 24.4. The number of Topliss-reactive ketones (excluding diaryl/α,β-unsaturated/α-hetero) is 1. The lowest BCUT2D eigenvalue weighted by Gasteiger charge is -2.29. The lowest BCUT2D eigenvalue weighted by atomic mass is 9.75. The fraction of sp³-hybridized carbons (Fsp3) is 0.292. The second-order valence-corrected chi connectivity index (χ2v) is 8.51. The van der Waals surface area contributed by atoms with E-state index in [2.05, 4.69) is 13.8 Å². The average Bonchev–Trinajstić information content (AvgIpc) is 3.06. The topological polar surface area (TPSA) is 87.2 Å². The maximum atomic E-state index is 13.0. The quantitative estimate of drug-likeness (QED) is 0.677. The summed E-state index contributed by atoms with van der Waals surface area (Å²) in [7, 11) is 0. The van der Waals surface area contributed by atoms with Gasteiger partial charge in [0.25, 0.3) is 0 Å². The number of fused-ring (bicyclic) bond motifs is 1. The molecule has 2 N–H and O–H groups in total. The Bertz CT molecular complexity index is 1080. The van der Waals surface area contributed by atoms with Gasteiger partial charge < -0.3 is 10.5 Å². The zero-order valence-corrected chi connectivity index (χ0v) is 17.2. The van der Waals surface area contributed by atoms with E-state index in [9.17, 15) is 9.59 Å². The minimum Gasteiger partial charge on any atom is -0.370 e. The fourth-order valence-electron chi connectivity index (χ4n) is 3.95. The highest BCUT2D eigenvalue weighted by atomic mass is 16.5. The van der Waals surface area contributed by atoms with Crippen molar-refractivity contribution in [2.45, 2.75) is 39.9 Å². The monoisotopic (exact) mass is 403 g/mol. The minimum atomic E-state index is -0.477. The molecule has 154 valence electrons. The van der Waals surface area contributed by atoms with Gasteiger partial charge in [0.1, 0.15) is 0 Å². The average molecular weight is 403 g/mol. The normalized spacial score (nSPS) is 15.1. The Balaban J connectivity index is 1.67. The van der Waals surface area contributed by atoms with Crippen molar-refractivity contribution >= 4 is 11.7 Å². The lowest BCUT2D eigenvalue weighted by Crippen LogP contribution is -2.28. The molecule has 4 rings (SSSR count). The molecule has 0 atom stereocenters. The Labute approximate surface area is 175 Å². The largest absolute Gasteiger partial charge is 0.370 e. The van der Waals surface area contributed by atoms with E-state index < -0.39 is 5.91 Å². The molecule has 0 spiro atoms. The molecule has 0 aliphatic heterocycles. The van der Waals surface area contributed by atoms with Crippen LogP contribution in [0.3, 0.4) is 0 Å². The van der Waals surface area contributed by atoms with Crippen LogP contribution in [-0.2, 0) is 24.4 Å². The van der Waals surface area contributed by atoms with Crippen molar-refractivity contribution < 1.29 is 14.3 Å². The third-order valence-electron chi connectivity index (χ3n) is 5.36. The molecular weight excluding hydrogens is 378 g/mol. The molecule has 0 saturated carbocycles. The molecule has 30 heavy (non-hydrogen) atoms. The second kappa shape index (κ2) is 7.88. The number of aromatic nitrogens is 2. The molecule has 6 heteroatoms. The van der Waals surface area contributed by atoms with Crippen molar-refractivity contribution in [2.24, 2.45) is 11.1 Å². The summed E-state index contributed by atoms with van der Waals surface area (Å²) in [5.74, 6) is -0.380. The van der Waals surface area contributed by atoms with Crippen molar-refractivity contribution in [1.82, 2.24) is 9.78 Å². The summed E-state index contributed by atoms with van der Waals surface area (Å²) >= 11 is 0. The van der Waals surface area contributed by atoms with E-state index in [0.29, 0.717) is 29.8 Å². The Kier molecular flexibility index (Phi) is 5.26. The highest BCUT2D eigenvalue weighted by molar-refractivity contribution is 6.00. The van der Waals surface area contributed by atoms with Gasteiger partial charge in [0.15, 0.2) is 5.78 Å². The third kappa shape index (κ3) is 4.04. The molecule has 0 fully saturated rings. The molecule has 0 radical (unpaired) electrons. The third-order valence-corrected chi connectivity index (χ3v) is 5.36. The van der Waals surface area contributed by atoms with Crippen LogP contribution in [0, 0.1) is 5.41 Å². The first kappa shape index (κ1) is 20.0. The van der Waals surface area contributed by atoms with Crippen LogP contribution >= 0.6 is 0 Å². The van der Waals surface area contributed by atoms with Gasteiger partial charge in [-0.05, 0) is 41.7 Å². The standard InChI is InChI=1S/C24H25N3O3/c1-24(2)12-20-22(21(28)13-24)19(15-30-14-16-6-4-3-5-7-16)26-27(20)18-10-8-17(9-11-18)23(25)29/h3-11H,12-15H2,1-2H3,(H2,25,29). The molecule has 0 unspecified atom stereocenters. The Morgan fingerprint density at radius 1 is 1.07 bits per heavy atom. The van der Waals surface area contributed by atoms with Gasteiger partial charge in [0, 0.05) is 12.0 Å². The summed E-state index contributed by atoms with van der Waals surface area (Å²) in [5.41, 5.74) is 9.71. The number of benzene rings is 2. The molecular formula is C24H25N3O3. The van der Waals surface area contributed by atoms with Gasteiger partial charge >= 0.3 is 0 Å². The minimum absolute atomic E-state index is 0.0968. The van der Waals surface area contributed by atoms with Crippen LogP contribution in [0.5, 0.6) is 0 Å². The van der Waals surface area contributed by atoms with Crippen LogP contribution in [-0.4, -0.2) is 21.5 Å². The summed E-state index contributed by atoms with van der Waals surface area (Å²) < 4.78 is 7.69. The van der Waals surface area contributed by atoms with Crippen molar-refractivity contribution in [3.8, 4) is 5.69 Å². The molecule has 1 amide bonds. The predicted molar refractivity (Wildman–Crippen MR) is 113 cm³/mol. The zero-order valence-electron chi connectivity index (χ0n) is 17.2. The lowest BCUT2D eigenvalue weighted by molar-refractivity contribution is 0.0885. The van der Waals surface area contributed by atoms with Crippen molar-refractivity contribution in [1.29, 1.82) is 0 Å². The summed E-state index contributed by atoms with van der Waals surface area (Å²) in [5, 5.41) is 4.74. The van der Waals surface area contributed by atoms with E-state index in [1.54, 1.807) is 28.9 Å². The van der Waals surface area contributed by atoms with Crippen LogP contribution in [0.15, 0.2) is 54.6 Å². The summed E-state index contributed by atoms with van der Waals surface area (Å²) in [6.45, 7) is 4.89. The Morgan fingerprint density at radius 3 is 2.43 bits per heavy atom. The van der Waals surface area contributed by atoms with Gasteiger partial charge in [0.2, 0.25) is 5.91 Å².